The summed E-state index contributed by atoms with van der Waals surface area (Å²) in [5.41, 5.74) is 0.359. The van der Waals surface area contributed by atoms with Gasteiger partial charge in [0.2, 0.25) is 0 Å². The average molecular weight is 230 g/mol. The van der Waals surface area contributed by atoms with Gasteiger partial charge in [0.05, 0.1) is 6.61 Å². The zero-order valence-corrected chi connectivity index (χ0v) is 9.69. The Hall–Kier alpha value is -1.36. The summed E-state index contributed by atoms with van der Waals surface area (Å²) in [6.45, 7) is 3.94. The summed E-state index contributed by atoms with van der Waals surface area (Å²) < 4.78 is 0. The third-order valence-electron chi connectivity index (χ3n) is 1.85. The fourth-order valence-electron chi connectivity index (χ4n) is 0.860. The lowest BCUT2D eigenvalue weighted by Gasteiger charge is -2.02. The second kappa shape index (κ2) is 8.91. The summed E-state index contributed by atoms with van der Waals surface area (Å²) in [4.78, 5) is 30.6. The molecule has 0 aliphatic heterocycles. The van der Waals surface area contributed by atoms with E-state index in [1.807, 2.05) is 6.92 Å². The molecule has 0 heterocycles. The highest BCUT2D eigenvalue weighted by molar-refractivity contribution is 5.87. The molecule has 0 aromatic rings. The summed E-state index contributed by atoms with van der Waals surface area (Å²) in [5.74, 6) is -1.46. The first kappa shape index (κ1) is 14.6. The highest BCUT2D eigenvalue weighted by Gasteiger charge is 2.06. The predicted octanol–water partition coefficient (Wildman–Crippen LogP) is 2.07. The smallest absolute Gasteiger partial charge is 0.368 e. The van der Waals surface area contributed by atoms with Crippen LogP contribution in [0.5, 0.6) is 0 Å². The minimum absolute atomic E-state index is 0.00130. The van der Waals surface area contributed by atoms with E-state index in [-0.39, 0.29) is 6.42 Å². The van der Waals surface area contributed by atoms with Gasteiger partial charge in [0.25, 0.3) is 0 Å². The summed E-state index contributed by atoms with van der Waals surface area (Å²) in [7, 11) is 0. The molecule has 0 aromatic carbocycles. The maximum Gasteiger partial charge on any atom is 0.368 e. The van der Waals surface area contributed by atoms with Gasteiger partial charge < -0.3 is 5.11 Å². The molecule has 0 amide bonds. The molecule has 5 nitrogen and oxygen atoms in total. The number of hydrogen-bond acceptors (Lipinski definition) is 4. The van der Waals surface area contributed by atoms with Crippen molar-refractivity contribution in [2.45, 2.75) is 39.5 Å². The van der Waals surface area contributed by atoms with Gasteiger partial charge in [-0.25, -0.2) is 4.79 Å². The summed E-state index contributed by atoms with van der Waals surface area (Å²) in [6.07, 6.45) is 3.63. The minimum atomic E-state index is -0.892. The lowest BCUT2D eigenvalue weighted by Crippen LogP contribution is -2.07. The summed E-state index contributed by atoms with van der Waals surface area (Å²) in [5, 5.41) is 8.40. The highest BCUT2D eigenvalue weighted by atomic mass is 17.2. The first-order chi connectivity index (χ1) is 7.57. The zero-order chi connectivity index (χ0) is 12.4. The maximum atomic E-state index is 11.2. The Labute approximate surface area is 95.0 Å². The van der Waals surface area contributed by atoms with E-state index in [0.29, 0.717) is 18.6 Å². The molecule has 0 spiro atoms. The minimum Gasteiger partial charge on any atom is -0.481 e. The van der Waals surface area contributed by atoms with E-state index < -0.39 is 11.9 Å². The van der Waals surface area contributed by atoms with E-state index in [1.165, 1.54) is 6.08 Å². The van der Waals surface area contributed by atoms with Crippen LogP contribution in [0.4, 0.5) is 0 Å². The number of rotatable bonds is 8. The second-order valence-electron chi connectivity index (χ2n) is 3.37. The topological polar surface area (TPSA) is 72.8 Å². The molecular weight excluding hydrogens is 212 g/mol. The molecule has 0 saturated carbocycles. The molecule has 0 aliphatic carbocycles. The van der Waals surface area contributed by atoms with Crippen molar-refractivity contribution in [1.29, 1.82) is 0 Å². The third kappa shape index (κ3) is 7.99. The Bertz CT molecular complexity index is 257. The second-order valence-corrected chi connectivity index (χ2v) is 3.37. The van der Waals surface area contributed by atoms with Gasteiger partial charge in [0.1, 0.15) is 0 Å². The Morgan fingerprint density at radius 2 is 2.06 bits per heavy atom. The Kier molecular flexibility index (Phi) is 8.15. The van der Waals surface area contributed by atoms with Crippen LogP contribution in [0.25, 0.3) is 0 Å². The number of allylic oxidation sites excluding steroid dienone is 1. The van der Waals surface area contributed by atoms with Crippen LogP contribution in [0.2, 0.25) is 0 Å². The molecule has 0 bridgehead atoms. The van der Waals surface area contributed by atoms with Gasteiger partial charge in [-0.05, 0) is 19.8 Å². The molecule has 0 radical (unpaired) electrons. The van der Waals surface area contributed by atoms with Crippen molar-refractivity contribution < 1.29 is 24.5 Å². The van der Waals surface area contributed by atoms with Crippen molar-refractivity contribution in [3.8, 4) is 0 Å². The summed E-state index contributed by atoms with van der Waals surface area (Å²) >= 11 is 0. The van der Waals surface area contributed by atoms with Gasteiger partial charge in [0, 0.05) is 12.0 Å². The molecule has 16 heavy (non-hydrogen) atoms. The van der Waals surface area contributed by atoms with Gasteiger partial charge in [-0.3, -0.25) is 9.68 Å². The zero-order valence-electron chi connectivity index (χ0n) is 9.69. The first-order valence-corrected chi connectivity index (χ1v) is 5.30. The van der Waals surface area contributed by atoms with Crippen molar-refractivity contribution in [3.05, 3.63) is 11.6 Å². The molecule has 0 saturated heterocycles. The van der Waals surface area contributed by atoms with E-state index in [0.717, 1.165) is 12.8 Å². The third-order valence-corrected chi connectivity index (χ3v) is 1.85. The van der Waals surface area contributed by atoms with E-state index in [2.05, 4.69) is 9.78 Å². The Morgan fingerprint density at radius 3 is 2.62 bits per heavy atom. The van der Waals surface area contributed by atoms with E-state index in [4.69, 9.17) is 5.11 Å². The van der Waals surface area contributed by atoms with Crippen LogP contribution >= 0.6 is 0 Å². The van der Waals surface area contributed by atoms with Crippen LogP contribution in [0.15, 0.2) is 11.6 Å². The molecule has 0 atom stereocenters. The van der Waals surface area contributed by atoms with Crippen LogP contribution in [0.3, 0.4) is 0 Å². The standard InChI is InChI=1S/C11H18O5/c1-3-4-8-15-16-11(14)9(2)6-5-7-10(12)13/h6H,3-5,7-8H2,1-2H3,(H,12,13). The van der Waals surface area contributed by atoms with Gasteiger partial charge in [-0.15, -0.1) is 0 Å². The lowest BCUT2D eigenvalue weighted by atomic mass is 10.2. The SMILES string of the molecule is CCCCOOC(=O)C(C)=CCCC(=O)O. The molecule has 0 aromatic heterocycles. The number of carbonyl (C=O) groups excluding carboxylic acids is 1. The molecular formula is C11H18O5. The first-order valence-electron chi connectivity index (χ1n) is 5.30. The van der Waals surface area contributed by atoms with E-state index >= 15 is 0 Å². The number of unbranched alkanes of at least 4 members (excludes halogenated alkanes) is 1. The van der Waals surface area contributed by atoms with Crippen molar-refractivity contribution in [2.75, 3.05) is 6.61 Å². The lowest BCUT2D eigenvalue weighted by molar-refractivity contribution is -0.268. The molecule has 92 valence electrons. The van der Waals surface area contributed by atoms with Crippen LogP contribution in [-0.2, 0) is 19.4 Å². The Balaban J connectivity index is 3.75. The van der Waals surface area contributed by atoms with Gasteiger partial charge in [-0.1, -0.05) is 19.4 Å². The number of aliphatic carboxylic acids is 1. The Morgan fingerprint density at radius 1 is 1.38 bits per heavy atom. The molecule has 1 N–H and O–H groups in total. The number of hydrogen-bond donors (Lipinski definition) is 1. The van der Waals surface area contributed by atoms with E-state index in [1.54, 1.807) is 6.92 Å². The monoisotopic (exact) mass is 230 g/mol. The van der Waals surface area contributed by atoms with Crippen LogP contribution < -0.4 is 0 Å². The summed E-state index contributed by atoms with van der Waals surface area (Å²) in [6, 6.07) is 0. The molecule has 0 unspecified atom stereocenters. The van der Waals surface area contributed by atoms with Crippen molar-refractivity contribution >= 4 is 11.9 Å². The van der Waals surface area contributed by atoms with Crippen molar-refractivity contribution in [1.82, 2.24) is 0 Å². The van der Waals surface area contributed by atoms with Crippen LogP contribution in [0.1, 0.15) is 39.5 Å². The highest BCUT2D eigenvalue weighted by Crippen LogP contribution is 2.02. The van der Waals surface area contributed by atoms with Crippen molar-refractivity contribution in [3.63, 3.8) is 0 Å². The number of carbonyl (C=O) groups is 2. The fraction of sp³-hybridized carbons (Fsp3) is 0.636. The van der Waals surface area contributed by atoms with Crippen LogP contribution in [0, 0.1) is 0 Å². The molecule has 0 fully saturated rings. The van der Waals surface area contributed by atoms with E-state index in [9.17, 15) is 9.59 Å². The van der Waals surface area contributed by atoms with Gasteiger partial charge >= 0.3 is 11.9 Å². The average Bonchev–Trinajstić information content (AvgIpc) is 2.23. The quantitative estimate of drug-likeness (QED) is 0.299. The molecule has 0 rings (SSSR count). The maximum absolute atomic E-state index is 11.2. The number of carboxylic acids is 1. The molecule has 5 heteroatoms. The normalized spacial score (nSPS) is 11.2. The number of carboxylic acid groups (broad SMARTS) is 1. The van der Waals surface area contributed by atoms with Crippen molar-refractivity contribution in [2.24, 2.45) is 0 Å². The van der Waals surface area contributed by atoms with Gasteiger partial charge in [-0.2, -0.15) is 4.89 Å². The largest absolute Gasteiger partial charge is 0.481 e. The van der Waals surface area contributed by atoms with Gasteiger partial charge in [0.15, 0.2) is 0 Å². The fourth-order valence-corrected chi connectivity index (χ4v) is 0.860. The van der Waals surface area contributed by atoms with Crippen LogP contribution in [-0.4, -0.2) is 23.7 Å². The molecule has 0 aliphatic rings. The predicted molar refractivity (Wildman–Crippen MR) is 57.6 cm³/mol.